The van der Waals surface area contributed by atoms with E-state index in [2.05, 4.69) is 123 Å². The Morgan fingerprint density at radius 3 is 1.19 bits per heavy atom. The zero-order valence-corrected chi connectivity index (χ0v) is 46.5. The first-order valence-corrected chi connectivity index (χ1v) is 28.6. The quantitative estimate of drug-likeness (QED) is 0.0211. The van der Waals surface area contributed by atoms with Crippen molar-refractivity contribution in [1.82, 2.24) is 0 Å². The third-order valence-electron chi connectivity index (χ3n) is 11.8. The van der Waals surface area contributed by atoms with Crippen LogP contribution in [0.4, 0.5) is 0 Å². The van der Waals surface area contributed by atoms with E-state index in [1.165, 1.54) is 70.6 Å². The van der Waals surface area contributed by atoms with E-state index in [0.29, 0.717) is 17.4 Å². The van der Waals surface area contributed by atoms with Gasteiger partial charge in [-0.1, -0.05) is 207 Å². The van der Waals surface area contributed by atoms with Crippen LogP contribution >= 0.6 is 0 Å². The first kappa shape index (κ1) is 68.0. The second-order valence-electron chi connectivity index (χ2n) is 19.9. The molecule has 2 unspecified atom stereocenters. The molecule has 0 aromatic heterocycles. The molecule has 0 radical (unpaired) electrons. The summed E-state index contributed by atoms with van der Waals surface area (Å²) in [5.41, 5.74) is 0. The molecule has 1 N–H and O–H groups in total. The highest BCUT2D eigenvalue weighted by atomic mass is 16.7. The number of quaternary nitrogens is 1. The molecule has 0 amide bonds. The molecule has 72 heavy (non-hydrogen) atoms. The number of esters is 2. The van der Waals surface area contributed by atoms with Gasteiger partial charge >= 0.3 is 17.9 Å². The van der Waals surface area contributed by atoms with Crippen LogP contribution in [-0.2, 0) is 33.3 Å². The SMILES string of the molecule is CC/C=C\C/C=C\C/C=C\C/C=C\C/C=C\C/C=C\C/C=C\C/C=C\CCCCCCC(=O)OC(COC(=O)CCCCCCCCC/C=C\CCCCCCCCC)COC(OCC[N+](C)(C)C)C(=O)O. The average Bonchev–Trinajstić information content (AvgIpc) is 3.35. The molecule has 0 rings (SSSR count). The lowest BCUT2D eigenvalue weighted by Crippen LogP contribution is -2.40. The second-order valence-corrected chi connectivity index (χ2v) is 19.9. The van der Waals surface area contributed by atoms with Gasteiger partial charge in [0, 0.05) is 12.8 Å². The van der Waals surface area contributed by atoms with Crippen LogP contribution in [0.25, 0.3) is 0 Å². The molecule has 0 aliphatic rings. The van der Waals surface area contributed by atoms with E-state index >= 15 is 0 Å². The van der Waals surface area contributed by atoms with Crippen molar-refractivity contribution in [3.05, 3.63) is 109 Å². The second kappa shape index (κ2) is 53.2. The normalized spacial score (nSPS) is 13.6. The van der Waals surface area contributed by atoms with Crippen LogP contribution in [0, 0.1) is 0 Å². The van der Waals surface area contributed by atoms with Gasteiger partial charge in [-0.2, -0.15) is 0 Å². The summed E-state index contributed by atoms with van der Waals surface area (Å²) in [6, 6.07) is 0. The number of carbonyl (C=O) groups is 3. The van der Waals surface area contributed by atoms with Gasteiger partial charge in [-0.25, -0.2) is 4.79 Å². The lowest BCUT2D eigenvalue weighted by molar-refractivity contribution is -0.870. The predicted molar refractivity (Wildman–Crippen MR) is 304 cm³/mol. The number of carbonyl (C=O) groups excluding carboxylic acids is 2. The van der Waals surface area contributed by atoms with Gasteiger partial charge in [-0.3, -0.25) is 9.59 Å². The maximum atomic E-state index is 12.9. The highest BCUT2D eigenvalue weighted by molar-refractivity contribution is 5.71. The summed E-state index contributed by atoms with van der Waals surface area (Å²) in [4.78, 5) is 37.4. The molecule has 0 aliphatic carbocycles. The smallest absolute Gasteiger partial charge is 0.361 e. The summed E-state index contributed by atoms with van der Waals surface area (Å²) in [6.07, 6.45) is 70.2. The predicted octanol–water partition coefficient (Wildman–Crippen LogP) is 16.7. The topological polar surface area (TPSA) is 108 Å². The van der Waals surface area contributed by atoms with Crippen LogP contribution in [0.5, 0.6) is 0 Å². The van der Waals surface area contributed by atoms with Crippen LogP contribution < -0.4 is 0 Å². The number of hydrogen-bond donors (Lipinski definition) is 1. The van der Waals surface area contributed by atoms with Crippen LogP contribution in [-0.4, -0.2) is 87.4 Å². The lowest BCUT2D eigenvalue weighted by atomic mass is 10.1. The van der Waals surface area contributed by atoms with Crippen LogP contribution in [0.15, 0.2) is 109 Å². The maximum absolute atomic E-state index is 12.9. The zero-order chi connectivity index (χ0) is 52.7. The Kier molecular flexibility index (Phi) is 50.3. The standard InChI is InChI=1S/C63H105NO8/c1-6-8-10-12-14-16-18-20-22-24-26-27-28-29-30-31-32-33-34-35-36-38-40-42-44-46-48-50-52-54-61(66)72-59(58-71-63(62(67)68)69-56-55-64(3,4)5)57-70-60(65)53-51-49-47-45-43-41-39-37-25-23-21-19-17-15-13-11-9-7-2/h8,10,14,16,20,22-23,25-27,29-30,32-33,35-36,40,42,59,63H,6-7,9,11-13,15,17-19,21,24,28,31,34,37-39,41,43-58H2,1-5H3/p+1/b10-8-,16-14-,22-20-,25-23-,27-26-,30-29-,33-32-,36-35-,42-40-. The number of aliphatic carboxylic acids is 1. The third-order valence-corrected chi connectivity index (χ3v) is 11.8. The number of ether oxygens (including phenoxy) is 4. The number of carboxylic acids is 1. The van der Waals surface area contributed by atoms with Crippen molar-refractivity contribution in [1.29, 1.82) is 0 Å². The Labute approximate surface area is 441 Å². The van der Waals surface area contributed by atoms with Gasteiger partial charge in [0.2, 0.25) is 0 Å². The molecule has 0 heterocycles. The first-order valence-electron chi connectivity index (χ1n) is 28.6. The minimum atomic E-state index is -1.52. The highest BCUT2D eigenvalue weighted by Gasteiger charge is 2.25. The number of unbranched alkanes of at least 4 members (excludes halogenated alkanes) is 18. The van der Waals surface area contributed by atoms with E-state index in [1.54, 1.807) is 0 Å². The maximum Gasteiger partial charge on any atom is 0.361 e. The molecular formula is C63H106NO8+. The van der Waals surface area contributed by atoms with Crippen molar-refractivity contribution in [2.45, 2.75) is 225 Å². The molecule has 2 atom stereocenters. The van der Waals surface area contributed by atoms with Crippen LogP contribution in [0.1, 0.15) is 213 Å². The lowest BCUT2D eigenvalue weighted by Gasteiger charge is -2.25. The van der Waals surface area contributed by atoms with E-state index in [-0.39, 0.29) is 38.6 Å². The van der Waals surface area contributed by atoms with Gasteiger partial charge in [0.05, 0.1) is 34.4 Å². The van der Waals surface area contributed by atoms with Crippen molar-refractivity contribution in [2.75, 3.05) is 47.5 Å². The molecule has 410 valence electrons. The number of allylic oxidation sites excluding steroid dienone is 18. The molecule has 0 saturated carbocycles. The van der Waals surface area contributed by atoms with Gasteiger partial charge < -0.3 is 28.5 Å². The Bertz CT molecular complexity index is 1540. The van der Waals surface area contributed by atoms with E-state index in [0.717, 1.165) is 109 Å². The van der Waals surface area contributed by atoms with E-state index in [9.17, 15) is 19.5 Å². The molecule has 9 nitrogen and oxygen atoms in total. The molecule has 0 aromatic carbocycles. The van der Waals surface area contributed by atoms with E-state index in [4.69, 9.17) is 18.9 Å². The van der Waals surface area contributed by atoms with E-state index in [1.807, 2.05) is 21.1 Å². The van der Waals surface area contributed by atoms with Crippen LogP contribution in [0.3, 0.4) is 0 Å². The number of carboxylic acid groups (broad SMARTS) is 1. The number of likely N-dealkylation sites (N-methyl/N-ethyl adjacent to an activating group) is 1. The average molecular weight is 1010 g/mol. The van der Waals surface area contributed by atoms with Crippen molar-refractivity contribution in [2.24, 2.45) is 0 Å². The number of rotatable bonds is 51. The summed E-state index contributed by atoms with van der Waals surface area (Å²) in [6.45, 7) is 4.71. The molecule has 0 saturated heterocycles. The summed E-state index contributed by atoms with van der Waals surface area (Å²) >= 11 is 0. The highest BCUT2D eigenvalue weighted by Crippen LogP contribution is 2.14. The molecule has 9 heteroatoms. The monoisotopic (exact) mass is 1000 g/mol. The van der Waals surface area contributed by atoms with Crippen molar-refractivity contribution in [3.8, 4) is 0 Å². The van der Waals surface area contributed by atoms with Gasteiger partial charge in [-0.05, 0) is 103 Å². The largest absolute Gasteiger partial charge is 0.477 e. The minimum Gasteiger partial charge on any atom is -0.477 e. The van der Waals surface area contributed by atoms with Gasteiger partial charge in [-0.15, -0.1) is 0 Å². The Hall–Kier alpha value is -4.05. The van der Waals surface area contributed by atoms with Crippen molar-refractivity contribution >= 4 is 17.9 Å². The van der Waals surface area contributed by atoms with Gasteiger partial charge in [0.25, 0.3) is 6.29 Å². The number of nitrogens with zero attached hydrogens (tertiary/aromatic N) is 1. The molecule has 0 aromatic rings. The van der Waals surface area contributed by atoms with Gasteiger partial charge in [0.15, 0.2) is 6.10 Å². The fourth-order valence-electron chi connectivity index (χ4n) is 7.38. The zero-order valence-electron chi connectivity index (χ0n) is 46.5. The Morgan fingerprint density at radius 1 is 0.431 bits per heavy atom. The fourth-order valence-corrected chi connectivity index (χ4v) is 7.38. The van der Waals surface area contributed by atoms with E-state index < -0.39 is 24.3 Å². The molecule has 0 bridgehead atoms. The number of hydrogen-bond acceptors (Lipinski definition) is 7. The Balaban J connectivity index is 4.36. The Morgan fingerprint density at radius 2 is 0.792 bits per heavy atom. The summed E-state index contributed by atoms with van der Waals surface area (Å²) < 4.78 is 22.8. The summed E-state index contributed by atoms with van der Waals surface area (Å²) in [5.74, 6) is -2.06. The van der Waals surface area contributed by atoms with Crippen molar-refractivity contribution in [3.63, 3.8) is 0 Å². The minimum absolute atomic E-state index is 0.176. The molecule has 0 fully saturated rings. The first-order chi connectivity index (χ1) is 35.1. The fraction of sp³-hybridized carbons (Fsp3) is 0.667. The molecule has 0 aliphatic heterocycles. The summed E-state index contributed by atoms with van der Waals surface area (Å²) in [5, 5.41) is 9.70. The van der Waals surface area contributed by atoms with Crippen LogP contribution in [0.2, 0.25) is 0 Å². The van der Waals surface area contributed by atoms with Gasteiger partial charge in [0.1, 0.15) is 13.2 Å². The molecule has 0 spiro atoms. The summed E-state index contributed by atoms with van der Waals surface area (Å²) in [7, 11) is 5.95. The molecular weight excluding hydrogens is 899 g/mol. The third kappa shape index (κ3) is 53.7. The van der Waals surface area contributed by atoms with Crippen molar-refractivity contribution < 1.29 is 42.9 Å².